The molecule has 33 heavy (non-hydrogen) atoms. The molecule has 2 heterocycles. The van der Waals surface area contributed by atoms with E-state index in [9.17, 15) is 22.8 Å². The van der Waals surface area contributed by atoms with Crippen LogP contribution in [-0.4, -0.2) is 75.9 Å². The Bertz CT molecular complexity index is 949. The minimum absolute atomic E-state index is 0.0194. The molecular formula is C21H27F3N6O3. The highest BCUT2D eigenvalue weighted by molar-refractivity contribution is 5.94. The fourth-order valence-electron chi connectivity index (χ4n) is 3.38. The van der Waals surface area contributed by atoms with Gasteiger partial charge < -0.3 is 15.0 Å². The Morgan fingerprint density at radius 1 is 1.18 bits per heavy atom. The number of nitrogens with one attached hydrogen (secondary N) is 1. The highest BCUT2D eigenvalue weighted by atomic mass is 19.4. The quantitative estimate of drug-likeness (QED) is 0.701. The molecule has 1 aromatic heterocycles. The molecule has 0 aliphatic carbocycles. The molecule has 2 amide bonds. The van der Waals surface area contributed by atoms with E-state index in [1.54, 1.807) is 4.90 Å². The van der Waals surface area contributed by atoms with Crippen LogP contribution in [0, 0.1) is 5.92 Å². The highest BCUT2D eigenvalue weighted by Gasteiger charge is 2.31. The highest BCUT2D eigenvalue weighted by Crippen LogP contribution is 2.33. The molecule has 0 atom stereocenters. The van der Waals surface area contributed by atoms with Crippen molar-refractivity contribution in [1.29, 1.82) is 0 Å². The summed E-state index contributed by atoms with van der Waals surface area (Å²) in [5.74, 6) is -0.231. The van der Waals surface area contributed by atoms with Crippen LogP contribution in [0.1, 0.15) is 25.8 Å². The number of aromatic nitrogens is 3. The molecule has 9 nitrogen and oxygen atoms in total. The lowest BCUT2D eigenvalue weighted by Crippen LogP contribution is -2.38. The zero-order valence-corrected chi connectivity index (χ0v) is 18.5. The van der Waals surface area contributed by atoms with Gasteiger partial charge in [-0.25, -0.2) is 14.5 Å². The summed E-state index contributed by atoms with van der Waals surface area (Å²) >= 11 is 0. The first kappa shape index (κ1) is 24.5. The Hall–Kier alpha value is -3.15. The number of nitrogens with zero attached hydrogens (tertiary/aromatic N) is 5. The zero-order valence-electron chi connectivity index (χ0n) is 18.5. The van der Waals surface area contributed by atoms with Crippen molar-refractivity contribution in [2.75, 3.05) is 44.6 Å². The van der Waals surface area contributed by atoms with Gasteiger partial charge >= 0.3 is 12.3 Å². The van der Waals surface area contributed by atoms with Crippen LogP contribution in [0.5, 0.6) is 0 Å². The molecule has 0 radical (unpaired) electrons. The van der Waals surface area contributed by atoms with Gasteiger partial charge in [-0.2, -0.15) is 18.3 Å². The number of anilines is 1. The third-order valence-electron chi connectivity index (χ3n) is 5.02. The lowest BCUT2D eigenvalue weighted by molar-refractivity contribution is -0.137. The lowest BCUT2D eigenvalue weighted by Gasteiger charge is -2.22. The largest absolute Gasteiger partial charge is 0.449 e. The summed E-state index contributed by atoms with van der Waals surface area (Å²) in [6, 6.07) is 3.04. The van der Waals surface area contributed by atoms with E-state index in [1.165, 1.54) is 23.4 Å². The van der Waals surface area contributed by atoms with Gasteiger partial charge in [-0.3, -0.25) is 9.69 Å². The molecule has 0 bridgehead atoms. The minimum Gasteiger partial charge on any atom is -0.449 e. The second-order valence-corrected chi connectivity index (χ2v) is 8.21. The van der Waals surface area contributed by atoms with Gasteiger partial charge in [-0.05, 0) is 30.5 Å². The van der Waals surface area contributed by atoms with Gasteiger partial charge in [0.15, 0.2) is 0 Å². The predicted octanol–water partition coefficient (Wildman–Crippen LogP) is 3.02. The van der Waals surface area contributed by atoms with Gasteiger partial charge in [-0.1, -0.05) is 13.8 Å². The van der Waals surface area contributed by atoms with Crippen LogP contribution < -0.4 is 5.32 Å². The summed E-state index contributed by atoms with van der Waals surface area (Å²) < 4.78 is 46.1. The monoisotopic (exact) mass is 468 g/mol. The summed E-state index contributed by atoms with van der Waals surface area (Å²) in [5, 5.41) is 6.51. The Morgan fingerprint density at radius 2 is 1.97 bits per heavy atom. The average molecular weight is 468 g/mol. The Labute approximate surface area is 189 Å². The number of rotatable bonds is 6. The van der Waals surface area contributed by atoms with Crippen molar-refractivity contribution in [1.82, 2.24) is 24.6 Å². The molecule has 2 aromatic rings. The molecule has 1 aliphatic heterocycles. The predicted molar refractivity (Wildman–Crippen MR) is 114 cm³/mol. The maximum atomic E-state index is 13.2. The SMILES string of the molecule is CC(C)COC(=O)N1CCCN(CC(=O)Nc2cc(C(F)(F)F)ccc2-n2cncn2)CC1. The van der Waals surface area contributed by atoms with Gasteiger partial charge in [0.2, 0.25) is 5.91 Å². The van der Waals surface area contributed by atoms with E-state index in [1.807, 2.05) is 18.7 Å². The van der Waals surface area contributed by atoms with Gasteiger partial charge in [0.1, 0.15) is 12.7 Å². The van der Waals surface area contributed by atoms with Crippen molar-refractivity contribution < 1.29 is 27.5 Å². The first-order valence-corrected chi connectivity index (χ1v) is 10.6. The standard InChI is InChI=1S/C21H27F3N6O3/c1-15(2)12-33-20(32)29-7-3-6-28(8-9-29)11-19(31)27-17-10-16(21(22,23)24)4-5-18(17)30-14-25-13-26-30/h4-5,10,13-15H,3,6-9,11-12H2,1-2H3,(H,27,31). The van der Waals surface area contributed by atoms with Crippen molar-refractivity contribution in [3.05, 3.63) is 36.4 Å². The van der Waals surface area contributed by atoms with Gasteiger partial charge in [0.05, 0.1) is 30.1 Å². The van der Waals surface area contributed by atoms with Crippen molar-refractivity contribution in [3.8, 4) is 5.69 Å². The number of carbonyl (C=O) groups excluding carboxylic acids is 2. The number of hydrogen-bond donors (Lipinski definition) is 1. The number of carbonyl (C=O) groups is 2. The smallest absolute Gasteiger partial charge is 0.416 e. The van der Waals surface area contributed by atoms with Crippen molar-refractivity contribution in [2.45, 2.75) is 26.4 Å². The number of ether oxygens (including phenoxy) is 1. The van der Waals surface area contributed by atoms with Crippen LogP contribution in [0.25, 0.3) is 5.69 Å². The molecule has 1 aliphatic rings. The number of alkyl halides is 3. The van der Waals surface area contributed by atoms with E-state index >= 15 is 0 Å². The van der Waals surface area contributed by atoms with Gasteiger partial charge in [0.25, 0.3) is 0 Å². The van der Waals surface area contributed by atoms with E-state index in [-0.39, 0.29) is 29.9 Å². The van der Waals surface area contributed by atoms with Crippen LogP contribution in [0.15, 0.2) is 30.9 Å². The van der Waals surface area contributed by atoms with Gasteiger partial charge in [-0.15, -0.1) is 0 Å². The molecule has 180 valence electrons. The first-order chi connectivity index (χ1) is 15.6. The summed E-state index contributed by atoms with van der Waals surface area (Å²) in [4.78, 5) is 32.1. The lowest BCUT2D eigenvalue weighted by atomic mass is 10.1. The molecule has 1 N–H and O–H groups in total. The maximum absolute atomic E-state index is 13.2. The molecular weight excluding hydrogens is 441 g/mol. The van der Waals surface area contributed by atoms with Crippen LogP contribution in [-0.2, 0) is 15.7 Å². The molecule has 1 aromatic carbocycles. The fraction of sp³-hybridized carbons (Fsp3) is 0.524. The molecule has 0 spiro atoms. The van der Waals surface area contributed by atoms with Crippen molar-refractivity contribution in [2.24, 2.45) is 5.92 Å². The third-order valence-corrected chi connectivity index (χ3v) is 5.02. The maximum Gasteiger partial charge on any atom is 0.416 e. The van der Waals surface area contributed by atoms with Crippen LogP contribution in [0.3, 0.4) is 0 Å². The first-order valence-electron chi connectivity index (χ1n) is 10.6. The second kappa shape index (κ2) is 10.6. The van der Waals surface area contributed by atoms with Crippen molar-refractivity contribution >= 4 is 17.7 Å². The fourth-order valence-corrected chi connectivity index (χ4v) is 3.38. The molecule has 0 saturated carbocycles. The number of hydrogen-bond acceptors (Lipinski definition) is 6. The van der Waals surface area contributed by atoms with E-state index in [4.69, 9.17) is 4.74 Å². The molecule has 1 saturated heterocycles. The van der Waals surface area contributed by atoms with Gasteiger partial charge in [0, 0.05) is 26.2 Å². The van der Waals surface area contributed by atoms with Crippen LogP contribution in [0.4, 0.5) is 23.7 Å². The Morgan fingerprint density at radius 3 is 2.64 bits per heavy atom. The second-order valence-electron chi connectivity index (χ2n) is 8.21. The van der Waals surface area contributed by atoms with Crippen molar-refractivity contribution in [3.63, 3.8) is 0 Å². The summed E-state index contributed by atoms with van der Waals surface area (Å²) in [7, 11) is 0. The minimum atomic E-state index is -4.56. The van der Waals surface area contributed by atoms with E-state index in [0.717, 1.165) is 12.1 Å². The molecule has 3 rings (SSSR count). The zero-order chi connectivity index (χ0) is 24.0. The molecule has 1 fully saturated rings. The molecule has 12 heteroatoms. The van der Waals surface area contributed by atoms with E-state index in [2.05, 4.69) is 15.4 Å². The third kappa shape index (κ3) is 6.91. The topological polar surface area (TPSA) is 92.6 Å². The molecule has 0 unspecified atom stereocenters. The van der Waals surface area contributed by atoms with Crippen LogP contribution >= 0.6 is 0 Å². The normalized spacial score (nSPS) is 15.4. The van der Waals surface area contributed by atoms with E-state index in [0.29, 0.717) is 39.2 Å². The Balaban J connectivity index is 1.64. The Kier molecular flexibility index (Phi) is 7.90. The van der Waals surface area contributed by atoms with E-state index < -0.39 is 17.6 Å². The summed E-state index contributed by atoms with van der Waals surface area (Å²) in [6.07, 6.45) is -1.70. The van der Waals surface area contributed by atoms with Crippen LogP contribution in [0.2, 0.25) is 0 Å². The number of amides is 2. The average Bonchev–Trinajstić information content (AvgIpc) is 3.18. The summed E-state index contributed by atoms with van der Waals surface area (Å²) in [5.41, 5.74) is -0.634. The summed E-state index contributed by atoms with van der Waals surface area (Å²) in [6.45, 7) is 6.15. The number of halogens is 3. The number of benzene rings is 1.